The highest BCUT2D eigenvalue weighted by atomic mass is 32.2. The van der Waals surface area contributed by atoms with E-state index in [1.165, 1.54) is 54.7 Å². The summed E-state index contributed by atoms with van der Waals surface area (Å²) < 4.78 is 6.20. The number of nitrogens with zero attached hydrogens (tertiary/aromatic N) is 3. The fourth-order valence-electron chi connectivity index (χ4n) is 6.67. The number of aliphatic hydroxyl groups excluding tert-OH is 4. The Hall–Kier alpha value is -2.34. The van der Waals surface area contributed by atoms with Crippen molar-refractivity contribution in [2.45, 2.75) is 166 Å². The zero-order valence-electron chi connectivity index (χ0n) is 31.1. The minimum absolute atomic E-state index is 0.0544. The second-order valence-electron chi connectivity index (χ2n) is 14.3. The summed E-state index contributed by atoms with van der Waals surface area (Å²) in [5.41, 5.74) is 6.19. The molecule has 0 aromatic carbocycles. The average molecular weight is 760 g/mol. The molecule has 0 radical (unpaired) electrons. The van der Waals surface area contributed by atoms with Crippen molar-refractivity contribution in [2.24, 2.45) is 23.5 Å². The van der Waals surface area contributed by atoms with Crippen LogP contribution < -0.4 is 11.1 Å². The normalized spacial score (nSPS) is 21.8. The van der Waals surface area contributed by atoms with Gasteiger partial charge in [0.05, 0.1) is 30.6 Å². The lowest BCUT2D eigenvalue weighted by Gasteiger charge is -2.27. The lowest BCUT2D eigenvalue weighted by Crippen LogP contribution is -2.40. The third-order valence-corrected chi connectivity index (χ3v) is 11.1. The molecule has 0 aliphatic carbocycles. The average Bonchev–Trinajstić information content (AvgIpc) is 3.65. The van der Waals surface area contributed by atoms with E-state index in [1.807, 2.05) is 0 Å². The van der Waals surface area contributed by atoms with Crippen molar-refractivity contribution >= 4 is 35.4 Å². The number of nitrogens with one attached hydrogen (secondary N) is 1. The van der Waals surface area contributed by atoms with Gasteiger partial charge in [0, 0.05) is 5.75 Å². The van der Waals surface area contributed by atoms with Crippen LogP contribution in [0.3, 0.4) is 0 Å². The van der Waals surface area contributed by atoms with Crippen molar-refractivity contribution in [1.29, 1.82) is 0 Å². The lowest BCUT2D eigenvalue weighted by atomic mass is 9.81. The number of aliphatic carboxylic acids is 2. The van der Waals surface area contributed by atoms with Crippen LogP contribution in [0.25, 0.3) is 0 Å². The molecule has 16 heteroatoms. The Morgan fingerprint density at radius 1 is 0.865 bits per heavy atom. The largest absolute Gasteiger partial charge is 0.481 e. The maximum atomic E-state index is 12.9. The van der Waals surface area contributed by atoms with Gasteiger partial charge >= 0.3 is 11.9 Å². The van der Waals surface area contributed by atoms with Gasteiger partial charge in [-0.2, -0.15) is 11.8 Å². The predicted molar refractivity (Wildman–Crippen MR) is 198 cm³/mol. The van der Waals surface area contributed by atoms with Crippen LogP contribution in [0, 0.1) is 17.8 Å². The van der Waals surface area contributed by atoms with Gasteiger partial charge in [-0.25, -0.2) is 4.68 Å². The Kier molecular flexibility index (Phi) is 22.6. The Morgan fingerprint density at radius 2 is 1.44 bits per heavy atom. The van der Waals surface area contributed by atoms with Crippen molar-refractivity contribution in [3.63, 3.8) is 0 Å². The molecule has 9 N–H and O–H groups in total. The summed E-state index contributed by atoms with van der Waals surface area (Å²) in [5, 5.41) is 70.3. The van der Waals surface area contributed by atoms with Crippen LogP contribution >= 0.6 is 11.8 Å². The van der Waals surface area contributed by atoms with Gasteiger partial charge in [-0.1, -0.05) is 109 Å². The zero-order chi connectivity index (χ0) is 38.5. The van der Waals surface area contributed by atoms with Crippen LogP contribution in [0.15, 0.2) is 6.20 Å². The number of carbonyl (C=O) groups excluding carboxylic acids is 1. The molecule has 1 amide bonds. The van der Waals surface area contributed by atoms with Gasteiger partial charge < -0.3 is 46.4 Å². The molecule has 2 heterocycles. The fraction of sp³-hybridized carbons (Fsp3) is 0.861. The van der Waals surface area contributed by atoms with Gasteiger partial charge in [0.2, 0.25) is 5.91 Å². The predicted octanol–water partition coefficient (Wildman–Crippen LogP) is 3.77. The standard InChI is InChI=1S/C36H65N5O10S/c1-3-5-7-9-11-13-15-17-24(34(46)47)19-25(26(35(48)49)18-16-14-12-10-8-6-4-2)22-52-23-27(37)33(45)38-29-21-41(40-39-29)20-28(42)32-30(43)31(44)36(50)51-32/h21,24-28,30-32,36,42-44,50H,3-20,22-23,37H2,1-2H3,(H,38,45)(H,46,47)(H,48,49)/t24-,25?,26?,27-,28+,30+,31+,32?,36?/m1/s1. The minimum atomic E-state index is -1.64. The number of hydrogen-bond donors (Lipinski definition) is 8. The van der Waals surface area contributed by atoms with Gasteiger partial charge in [0.15, 0.2) is 12.1 Å². The molecular weight excluding hydrogens is 694 g/mol. The van der Waals surface area contributed by atoms with Gasteiger partial charge in [-0.05, 0) is 30.9 Å². The molecule has 1 aromatic rings. The van der Waals surface area contributed by atoms with E-state index < -0.39 is 72.3 Å². The van der Waals surface area contributed by atoms with E-state index in [1.54, 1.807) is 0 Å². The summed E-state index contributed by atoms with van der Waals surface area (Å²) in [6.07, 6.45) is 10.1. The maximum absolute atomic E-state index is 12.9. The second kappa shape index (κ2) is 25.6. The molecule has 0 saturated carbocycles. The molecule has 1 fully saturated rings. The van der Waals surface area contributed by atoms with E-state index >= 15 is 0 Å². The van der Waals surface area contributed by atoms with E-state index in [0.29, 0.717) is 18.6 Å². The number of carbonyl (C=O) groups is 3. The Bertz CT molecular complexity index is 1160. The number of carboxylic acids is 2. The van der Waals surface area contributed by atoms with E-state index in [-0.39, 0.29) is 24.5 Å². The molecule has 2 rings (SSSR count). The number of anilines is 1. The van der Waals surface area contributed by atoms with Crippen molar-refractivity contribution in [2.75, 3.05) is 16.8 Å². The summed E-state index contributed by atoms with van der Waals surface area (Å²) in [4.78, 5) is 37.8. The van der Waals surface area contributed by atoms with Crippen molar-refractivity contribution < 1.29 is 49.8 Å². The molecule has 1 aliphatic rings. The van der Waals surface area contributed by atoms with Crippen LogP contribution in [0.2, 0.25) is 0 Å². The van der Waals surface area contributed by atoms with Crippen LogP contribution in [0.5, 0.6) is 0 Å². The maximum Gasteiger partial charge on any atom is 0.306 e. The molecule has 15 nitrogen and oxygen atoms in total. The van der Waals surface area contributed by atoms with Gasteiger partial charge in [0.1, 0.15) is 24.4 Å². The SMILES string of the molecule is CCCCCCCCCC(C(=O)O)C(CSC[C@@H](N)C(=O)Nc1cn(C[C@H](O)C2OC(O)[C@@H](O)[C@@H]2O)nn1)C[C@@H](CCCCCCCCC)C(=O)O. The molecule has 300 valence electrons. The fourth-order valence-corrected chi connectivity index (χ4v) is 7.88. The lowest BCUT2D eigenvalue weighted by molar-refractivity contribution is -0.147. The third kappa shape index (κ3) is 16.8. The Morgan fingerprint density at radius 3 is 1.98 bits per heavy atom. The first-order valence-electron chi connectivity index (χ1n) is 19.3. The molecule has 1 aliphatic heterocycles. The van der Waals surface area contributed by atoms with Crippen molar-refractivity contribution in [1.82, 2.24) is 15.0 Å². The molecule has 1 saturated heterocycles. The van der Waals surface area contributed by atoms with Crippen molar-refractivity contribution in [3.8, 4) is 0 Å². The highest BCUT2D eigenvalue weighted by Crippen LogP contribution is 2.32. The first kappa shape index (κ1) is 45.8. The van der Waals surface area contributed by atoms with Crippen LogP contribution in [0.1, 0.15) is 123 Å². The number of rotatable bonds is 30. The number of carboxylic acid groups (broad SMARTS) is 2. The van der Waals surface area contributed by atoms with Gasteiger partial charge in [0.25, 0.3) is 0 Å². The molecule has 9 atom stereocenters. The van der Waals surface area contributed by atoms with Crippen LogP contribution in [-0.2, 0) is 25.7 Å². The summed E-state index contributed by atoms with van der Waals surface area (Å²) >= 11 is 1.33. The smallest absolute Gasteiger partial charge is 0.306 e. The number of aliphatic hydroxyl groups is 4. The highest BCUT2D eigenvalue weighted by molar-refractivity contribution is 7.99. The molecule has 0 spiro atoms. The number of ether oxygens (including phenoxy) is 1. The third-order valence-electron chi connectivity index (χ3n) is 9.88. The number of hydrogen-bond acceptors (Lipinski definition) is 12. The molecule has 0 bridgehead atoms. The number of amides is 1. The topological polar surface area (TPSA) is 251 Å². The van der Waals surface area contributed by atoms with Gasteiger partial charge in [-0.15, -0.1) is 5.10 Å². The molecule has 4 unspecified atom stereocenters. The van der Waals surface area contributed by atoms with Gasteiger partial charge in [-0.3, -0.25) is 14.4 Å². The van der Waals surface area contributed by atoms with Crippen LogP contribution in [-0.4, -0.2) is 112 Å². The van der Waals surface area contributed by atoms with E-state index in [0.717, 1.165) is 57.8 Å². The minimum Gasteiger partial charge on any atom is -0.481 e. The van der Waals surface area contributed by atoms with Crippen molar-refractivity contribution in [3.05, 3.63) is 6.20 Å². The first-order valence-corrected chi connectivity index (χ1v) is 20.4. The number of thioether (sulfide) groups is 1. The number of aromatic nitrogens is 3. The van der Waals surface area contributed by atoms with E-state index in [4.69, 9.17) is 10.5 Å². The Labute approximate surface area is 312 Å². The second-order valence-corrected chi connectivity index (χ2v) is 15.4. The summed E-state index contributed by atoms with van der Waals surface area (Å²) in [6.45, 7) is 4.12. The number of nitrogens with two attached hydrogens (primary N) is 1. The van der Waals surface area contributed by atoms with Crippen LogP contribution in [0.4, 0.5) is 5.82 Å². The number of unbranched alkanes of at least 4 members (excludes halogenated alkanes) is 12. The van der Waals surface area contributed by atoms with E-state index in [9.17, 15) is 45.0 Å². The first-order chi connectivity index (χ1) is 24.9. The quantitative estimate of drug-likeness (QED) is 0.0520. The molecule has 52 heavy (non-hydrogen) atoms. The molecular formula is C36H65N5O10S. The summed E-state index contributed by atoms with van der Waals surface area (Å²) in [6, 6.07) is -0.985. The van der Waals surface area contributed by atoms with E-state index in [2.05, 4.69) is 29.5 Å². The summed E-state index contributed by atoms with van der Waals surface area (Å²) in [7, 11) is 0. The molecule has 1 aromatic heterocycles. The summed E-state index contributed by atoms with van der Waals surface area (Å²) in [5.74, 6) is -3.56. The zero-order valence-corrected chi connectivity index (χ0v) is 31.9. The Balaban J connectivity index is 1.97. The highest BCUT2D eigenvalue weighted by Gasteiger charge is 2.45. The monoisotopic (exact) mass is 759 g/mol.